The predicted molar refractivity (Wildman–Crippen MR) is 104 cm³/mol. The molecule has 1 N–H and O–H groups in total. The van der Waals surface area contributed by atoms with Gasteiger partial charge in [0.05, 0.1) is 28.5 Å². The molecule has 28 heavy (non-hydrogen) atoms. The summed E-state index contributed by atoms with van der Waals surface area (Å²) in [5, 5.41) is 4.27. The van der Waals surface area contributed by atoms with Gasteiger partial charge < -0.3 is 0 Å². The molecule has 0 unspecified atom stereocenters. The van der Waals surface area contributed by atoms with Crippen LogP contribution in [-0.2, 0) is 30.7 Å². The van der Waals surface area contributed by atoms with Crippen LogP contribution in [0.15, 0.2) is 45.1 Å². The second-order valence-corrected chi connectivity index (χ2v) is 9.28. The van der Waals surface area contributed by atoms with Crippen molar-refractivity contribution in [3.8, 4) is 0 Å². The number of hydrogen-bond acceptors (Lipinski definition) is 5. The highest BCUT2D eigenvalue weighted by Crippen LogP contribution is 2.36. The Morgan fingerprint density at radius 1 is 1.21 bits per heavy atom. The van der Waals surface area contributed by atoms with Gasteiger partial charge in [0.15, 0.2) is 0 Å². The standard InChI is InChI=1S/C18H21N5O4S/c1-18(6-7-18)20-28(26,27)13-4-5-15-14(8-13)16(24)22(3)17(25)23(15)11-12-9-19-21(2)10-12/h4-5,8-10,20H,6-7,11H2,1-3H3. The van der Waals surface area contributed by atoms with Crippen molar-refractivity contribution in [2.24, 2.45) is 14.1 Å². The zero-order valence-corrected chi connectivity index (χ0v) is 16.7. The van der Waals surface area contributed by atoms with Crippen LogP contribution < -0.4 is 16.0 Å². The molecule has 1 aliphatic carbocycles. The quantitative estimate of drug-likeness (QED) is 0.660. The molecule has 10 heteroatoms. The lowest BCUT2D eigenvalue weighted by Gasteiger charge is -2.14. The summed E-state index contributed by atoms with van der Waals surface area (Å²) in [5.41, 5.74) is -0.242. The molecule has 0 radical (unpaired) electrons. The highest BCUT2D eigenvalue weighted by molar-refractivity contribution is 7.89. The second-order valence-electron chi connectivity index (χ2n) is 7.60. The van der Waals surface area contributed by atoms with Crippen molar-refractivity contribution >= 4 is 20.9 Å². The number of hydrogen-bond donors (Lipinski definition) is 1. The fourth-order valence-electron chi connectivity index (χ4n) is 3.20. The van der Waals surface area contributed by atoms with Gasteiger partial charge in [0, 0.05) is 31.4 Å². The van der Waals surface area contributed by atoms with Gasteiger partial charge in [0.1, 0.15) is 0 Å². The Kier molecular flexibility index (Phi) is 4.09. The minimum absolute atomic E-state index is 0.0109. The minimum Gasteiger partial charge on any atom is -0.289 e. The summed E-state index contributed by atoms with van der Waals surface area (Å²) in [6.45, 7) is 2.07. The molecule has 9 nitrogen and oxygen atoms in total. The third-order valence-electron chi connectivity index (χ3n) is 5.10. The van der Waals surface area contributed by atoms with E-state index < -0.39 is 26.8 Å². The van der Waals surface area contributed by atoms with E-state index in [1.165, 1.54) is 29.8 Å². The molecule has 3 aromatic rings. The Labute approximate surface area is 161 Å². The number of benzene rings is 1. The van der Waals surface area contributed by atoms with Crippen LogP contribution in [0.25, 0.3) is 10.9 Å². The van der Waals surface area contributed by atoms with E-state index in [4.69, 9.17) is 0 Å². The Morgan fingerprint density at radius 2 is 1.93 bits per heavy atom. The van der Waals surface area contributed by atoms with E-state index in [9.17, 15) is 18.0 Å². The average molecular weight is 403 g/mol. The number of sulfonamides is 1. The maximum absolute atomic E-state index is 12.7. The first-order valence-electron chi connectivity index (χ1n) is 8.85. The van der Waals surface area contributed by atoms with Crippen molar-refractivity contribution in [1.82, 2.24) is 23.6 Å². The van der Waals surface area contributed by atoms with Crippen molar-refractivity contribution in [3.63, 3.8) is 0 Å². The third-order valence-corrected chi connectivity index (χ3v) is 6.74. The number of nitrogens with one attached hydrogen (secondary N) is 1. The number of rotatable bonds is 5. The molecule has 0 spiro atoms. The van der Waals surface area contributed by atoms with Crippen molar-refractivity contribution in [2.75, 3.05) is 0 Å². The third kappa shape index (κ3) is 3.18. The molecular formula is C18H21N5O4S. The van der Waals surface area contributed by atoms with Crippen LogP contribution in [0.5, 0.6) is 0 Å². The Morgan fingerprint density at radius 3 is 2.54 bits per heavy atom. The molecule has 0 saturated heterocycles. The van der Waals surface area contributed by atoms with E-state index in [0.29, 0.717) is 5.52 Å². The lowest BCUT2D eigenvalue weighted by molar-refractivity contribution is 0.558. The molecule has 0 amide bonds. The summed E-state index contributed by atoms with van der Waals surface area (Å²) in [6, 6.07) is 4.28. The topological polar surface area (TPSA) is 108 Å². The second kappa shape index (κ2) is 6.14. The number of aryl methyl sites for hydroxylation is 1. The van der Waals surface area contributed by atoms with Gasteiger partial charge in [-0.05, 0) is 38.0 Å². The highest BCUT2D eigenvalue weighted by atomic mass is 32.2. The monoisotopic (exact) mass is 403 g/mol. The molecule has 2 aromatic heterocycles. The van der Waals surface area contributed by atoms with Crippen LogP contribution >= 0.6 is 0 Å². The Balaban J connectivity index is 1.87. The first-order valence-corrected chi connectivity index (χ1v) is 10.3. The van der Waals surface area contributed by atoms with Gasteiger partial charge in [-0.25, -0.2) is 17.9 Å². The minimum atomic E-state index is -3.75. The fourth-order valence-corrected chi connectivity index (χ4v) is 4.69. The normalized spacial score (nSPS) is 15.8. The first-order chi connectivity index (χ1) is 13.1. The molecule has 1 aromatic carbocycles. The van der Waals surface area contributed by atoms with E-state index in [0.717, 1.165) is 23.0 Å². The molecule has 1 saturated carbocycles. The molecule has 0 aliphatic heterocycles. The fraction of sp³-hybridized carbons (Fsp3) is 0.389. The van der Waals surface area contributed by atoms with Gasteiger partial charge in [-0.15, -0.1) is 0 Å². The summed E-state index contributed by atoms with van der Waals surface area (Å²) in [6.07, 6.45) is 4.99. The van der Waals surface area contributed by atoms with Gasteiger partial charge >= 0.3 is 5.69 Å². The maximum Gasteiger partial charge on any atom is 0.331 e. The van der Waals surface area contributed by atoms with Crippen LogP contribution in [0.1, 0.15) is 25.3 Å². The molecule has 1 aliphatic rings. The lowest BCUT2D eigenvalue weighted by atomic mass is 10.2. The van der Waals surface area contributed by atoms with Crippen molar-refractivity contribution < 1.29 is 8.42 Å². The van der Waals surface area contributed by atoms with Crippen molar-refractivity contribution in [3.05, 3.63) is 57.0 Å². The summed E-state index contributed by atoms with van der Waals surface area (Å²) >= 11 is 0. The molecule has 148 valence electrons. The van der Waals surface area contributed by atoms with Crippen LogP contribution in [0.3, 0.4) is 0 Å². The molecule has 0 bridgehead atoms. The number of aromatic nitrogens is 4. The van der Waals surface area contributed by atoms with Crippen LogP contribution in [0.4, 0.5) is 0 Å². The van der Waals surface area contributed by atoms with E-state index in [1.807, 2.05) is 6.92 Å². The zero-order valence-electron chi connectivity index (χ0n) is 15.8. The largest absolute Gasteiger partial charge is 0.331 e. The Hall–Kier alpha value is -2.72. The summed E-state index contributed by atoms with van der Waals surface area (Å²) < 4.78 is 32.1. The predicted octanol–water partition coefficient (Wildman–Crippen LogP) is 0.313. The van der Waals surface area contributed by atoms with Crippen LogP contribution in [0.2, 0.25) is 0 Å². The van der Waals surface area contributed by atoms with Gasteiger partial charge in [0.25, 0.3) is 5.56 Å². The SMILES string of the molecule is Cn1cc(Cn2c(=O)n(C)c(=O)c3cc(S(=O)(=O)NC4(C)CC4)ccc32)cn1. The maximum atomic E-state index is 12.7. The summed E-state index contributed by atoms with van der Waals surface area (Å²) in [7, 11) is -0.597. The van der Waals surface area contributed by atoms with Gasteiger partial charge in [0.2, 0.25) is 10.0 Å². The van der Waals surface area contributed by atoms with E-state index in [1.54, 1.807) is 24.1 Å². The molecule has 4 rings (SSSR count). The molecule has 1 fully saturated rings. The smallest absolute Gasteiger partial charge is 0.289 e. The van der Waals surface area contributed by atoms with Crippen LogP contribution in [-0.4, -0.2) is 32.9 Å². The summed E-state index contributed by atoms with van der Waals surface area (Å²) in [5.74, 6) is 0. The number of fused-ring (bicyclic) bond motifs is 1. The molecule has 0 atom stereocenters. The Bertz CT molecular complexity index is 1310. The van der Waals surface area contributed by atoms with E-state index in [2.05, 4.69) is 9.82 Å². The first kappa shape index (κ1) is 18.6. The van der Waals surface area contributed by atoms with Gasteiger partial charge in [-0.2, -0.15) is 5.10 Å². The zero-order chi connectivity index (χ0) is 20.3. The summed E-state index contributed by atoms with van der Waals surface area (Å²) in [4.78, 5) is 25.3. The van der Waals surface area contributed by atoms with Gasteiger partial charge in [-0.3, -0.25) is 18.6 Å². The van der Waals surface area contributed by atoms with Crippen LogP contribution in [0, 0.1) is 0 Å². The van der Waals surface area contributed by atoms with Crippen molar-refractivity contribution in [2.45, 2.75) is 36.7 Å². The van der Waals surface area contributed by atoms with E-state index in [-0.39, 0.29) is 16.8 Å². The average Bonchev–Trinajstić information content (AvgIpc) is 3.20. The number of nitrogens with zero attached hydrogens (tertiary/aromatic N) is 4. The lowest BCUT2D eigenvalue weighted by Crippen LogP contribution is -2.38. The highest BCUT2D eigenvalue weighted by Gasteiger charge is 2.41. The van der Waals surface area contributed by atoms with E-state index >= 15 is 0 Å². The molecule has 2 heterocycles. The van der Waals surface area contributed by atoms with Gasteiger partial charge in [-0.1, -0.05) is 0 Å². The molecular weight excluding hydrogens is 382 g/mol. The van der Waals surface area contributed by atoms with Crippen molar-refractivity contribution in [1.29, 1.82) is 0 Å².